The minimum atomic E-state index is -3.66. The second-order valence-corrected chi connectivity index (χ2v) is 6.61. The van der Waals surface area contributed by atoms with Gasteiger partial charge in [-0.25, -0.2) is 13.2 Å². The highest BCUT2D eigenvalue weighted by Gasteiger charge is 2.21. The topological polar surface area (TPSA) is 74.7 Å². The van der Waals surface area contributed by atoms with E-state index < -0.39 is 16.0 Å². The molecule has 2 rings (SSSR count). The van der Waals surface area contributed by atoms with Crippen molar-refractivity contribution in [3.63, 3.8) is 0 Å². The Labute approximate surface area is 123 Å². The van der Waals surface area contributed by atoms with Gasteiger partial charge in [-0.1, -0.05) is 12.1 Å². The van der Waals surface area contributed by atoms with Crippen molar-refractivity contribution in [3.05, 3.63) is 59.7 Å². The third-order valence-electron chi connectivity index (χ3n) is 3.13. The van der Waals surface area contributed by atoms with Crippen LogP contribution in [0.5, 0.6) is 0 Å². The van der Waals surface area contributed by atoms with Crippen LogP contribution in [-0.2, 0) is 10.0 Å². The molecule has 0 saturated carbocycles. The van der Waals surface area contributed by atoms with Gasteiger partial charge in [-0.2, -0.15) is 0 Å². The lowest BCUT2D eigenvalue weighted by Crippen LogP contribution is -2.26. The minimum absolute atomic E-state index is 0.111. The molecule has 6 heteroatoms. The summed E-state index contributed by atoms with van der Waals surface area (Å²) in [5, 5.41) is 8.85. The monoisotopic (exact) mass is 305 g/mol. The van der Waals surface area contributed by atoms with Crippen molar-refractivity contribution in [2.75, 3.05) is 11.4 Å². The van der Waals surface area contributed by atoms with Gasteiger partial charge in [0.05, 0.1) is 16.1 Å². The molecule has 0 unspecified atom stereocenters. The van der Waals surface area contributed by atoms with Crippen molar-refractivity contribution in [2.45, 2.75) is 11.8 Å². The molecule has 0 aliphatic carbocycles. The van der Waals surface area contributed by atoms with Crippen molar-refractivity contribution in [1.82, 2.24) is 0 Å². The number of carbonyl (C=O) groups is 1. The third-order valence-corrected chi connectivity index (χ3v) is 4.91. The average Bonchev–Trinajstić information content (AvgIpc) is 2.46. The first-order chi connectivity index (χ1) is 9.82. The molecule has 110 valence electrons. The number of nitrogens with zero attached hydrogens (tertiary/aromatic N) is 1. The quantitative estimate of drug-likeness (QED) is 0.942. The fourth-order valence-electron chi connectivity index (χ4n) is 1.89. The van der Waals surface area contributed by atoms with Crippen molar-refractivity contribution >= 4 is 21.7 Å². The summed E-state index contributed by atoms with van der Waals surface area (Å²) < 4.78 is 26.2. The van der Waals surface area contributed by atoms with Crippen LogP contribution in [0.3, 0.4) is 0 Å². The molecule has 0 bridgehead atoms. The van der Waals surface area contributed by atoms with Crippen LogP contribution >= 0.6 is 0 Å². The molecule has 0 radical (unpaired) electrons. The second kappa shape index (κ2) is 5.57. The van der Waals surface area contributed by atoms with Gasteiger partial charge in [0.2, 0.25) is 0 Å². The van der Waals surface area contributed by atoms with Crippen LogP contribution in [0.2, 0.25) is 0 Å². The van der Waals surface area contributed by atoms with E-state index in [0.717, 1.165) is 9.87 Å². The number of benzene rings is 2. The largest absolute Gasteiger partial charge is 0.478 e. The van der Waals surface area contributed by atoms with Gasteiger partial charge >= 0.3 is 5.97 Å². The number of carboxylic acids is 1. The summed E-state index contributed by atoms with van der Waals surface area (Å²) in [5.74, 6) is -1.05. The first-order valence-electron chi connectivity index (χ1n) is 6.21. The van der Waals surface area contributed by atoms with E-state index in [1.54, 1.807) is 12.1 Å². The van der Waals surface area contributed by atoms with Gasteiger partial charge < -0.3 is 5.11 Å². The Balaban J connectivity index is 2.38. The second-order valence-electron chi connectivity index (χ2n) is 4.64. The zero-order valence-electron chi connectivity index (χ0n) is 11.6. The predicted molar refractivity (Wildman–Crippen MR) is 80.2 cm³/mol. The summed E-state index contributed by atoms with van der Waals surface area (Å²) >= 11 is 0. The smallest absolute Gasteiger partial charge is 0.335 e. The summed E-state index contributed by atoms with van der Waals surface area (Å²) in [6.07, 6.45) is 0. The molecular formula is C15H15NO4S. The maximum Gasteiger partial charge on any atom is 0.335 e. The molecule has 2 aromatic rings. The molecular weight excluding hydrogens is 290 g/mol. The van der Waals surface area contributed by atoms with Gasteiger partial charge in [0.25, 0.3) is 10.0 Å². The normalized spacial score (nSPS) is 11.1. The highest BCUT2D eigenvalue weighted by molar-refractivity contribution is 7.92. The highest BCUT2D eigenvalue weighted by atomic mass is 32.2. The van der Waals surface area contributed by atoms with E-state index in [0.29, 0.717) is 5.69 Å². The number of anilines is 1. The standard InChI is InChI=1S/C15H15NO4S/c1-11-4-3-5-14(10-11)21(19,20)16(2)13-8-6-12(7-9-13)15(17)18/h3-10H,1-2H3,(H,17,18). The Morgan fingerprint density at radius 3 is 2.24 bits per heavy atom. The van der Waals surface area contributed by atoms with E-state index in [-0.39, 0.29) is 10.5 Å². The molecule has 0 amide bonds. The molecule has 0 heterocycles. The number of rotatable bonds is 4. The number of hydrogen-bond donors (Lipinski definition) is 1. The van der Waals surface area contributed by atoms with E-state index in [4.69, 9.17) is 5.11 Å². The molecule has 0 aromatic heterocycles. The van der Waals surface area contributed by atoms with Crippen molar-refractivity contribution in [2.24, 2.45) is 0 Å². The molecule has 0 saturated heterocycles. The third kappa shape index (κ3) is 3.05. The molecule has 1 N–H and O–H groups in total. The summed E-state index contributed by atoms with van der Waals surface area (Å²) in [4.78, 5) is 11.0. The van der Waals surface area contributed by atoms with Crippen LogP contribution in [0, 0.1) is 6.92 Å². The van der Waals surface area contributed by atoms with Crippen LogP contribution in [0.4, 0.5) is 5.69 Å². The van der Waals surface area contributed by atoms with Gasteiger partial charge in [0, 0.05) is 7.05 Å². The fourth-order valence-corrected chi connectivity index (χ4v) is 3.19. The van der Waals surface area contributed by atoms with Crippen LogP contribution in [0.25, 0.3) is 0 Å². The van der Waals surface area contributed by atoms with Gasteiger partial charge in [0.1, 0.15) is 0 Å². The number of hydrogen-bond acceptors (Lipinski definition) is 3. The van der Waals surface area contributed by atoms with Crippen LogP contribution in [0.15, 0.2) is 53.4 Å². The number of sulfonamides is 1. The number of aromatic carboxylic acids is 1. The van der Waals surface area contributed by atoms with Gasteiger partial charge in [-0.15, -0.1) is 0 Å². The van der Waals surface area contributed by atoms with Crippen LogP contribution < -0.4 is 4.31 Å². The number of aryl methyl sites for hydroxylation is 1. The maximum absolute atomic E-state index is 12.5. The zero-order valence-corrected chi connectivity index (χ0v) is 12.5. The van der Waals surface area contributed by atoms with Crippen molar-refractivity contribution in [3.8, 4) is 0 Å². The van der Waals surface area contributed by atoms with E-state index in [2.05, 4.69) is 0 Å². The summed E-state index contributed by atoms with van der Waals surface area (Å²) in [6.45, 7) is 1.82. The van der Waals surface area contributed by atoms with Crippen LogP contribution in [0.1, 0.15) is 15.9 Å². The summed E-state index contributed by atoms with van der Waals surface area (Å²) in [5.41, 5.74) is 1.37. The fraction of sp³-hybridized carbons (Fsp3) is 0.133. The first kappa shape index (κ1) is 15.1. The van der Waals surface area contributed by atoms with Gasteiger partial charge in [-0.3, -0.25) is 4.31 Å². The lowest BCUT2D eigenvalue weighted by atomic mass is 10.2. The summed E-state index contributed by atoms with van der Waals surface area (Å²) in [6, 6.07) is 12.3. The Morgan fingerprint density at radius 1 is 1.10 bits per heavy atom. The molecule has 2 aromatic carbocycles. The van der Waals surface area contributed by atoms with Gasteiger partial charge in [0.15, 0.2) is 0 Å². The van der Waals surface area contributed by atoms with E-state index in [1.807, 2.05) is 13.0 Å². The zero-order chi connectivity index (χ0) is 15.6. The lowest BCUT2D eigenvalue weighted by Gasteiger charge is -2.19. The Bertz CT molecular complexity index is 767. The molecule has 0 aliphatic heterocycles. The van der Waals surface area contributed by atoms with E-state index >= 15 is 0 Å². The molecule has 21 heavy (non-hydrogen) atoms. The van der Waals surface area contributed by atoms with E-state index in [1.165, 1.54) is 37.4 Å². The molecule has 0 spiro atoms. The lowest BCUT2D eigenvalue weighted by molar-refractivity contribution is 0.0697. The Morgan fingerprint density at radius 2 is 1.71 bits per heavy atom. The minimum Gasteiger partial charge on any atom is -0.478 e. The predicted octanol–water partition coefficient (Wildman–Crippen LogP) is 2.52. The van der Waals surface area contributed by atoms with Gasteiger partial charge in [-0.05, 0) is 48.9 Å². The van der Waals surface area contributed by atoms with Crippen molar-refractivity contribution in [1.29, 1.82) is 0 Å². The highest BCUT2D eigenvalue weighted by Crippen LogP contribution is 2.22. The van der Waals surface area contributed by atoms with Crippen LogP contribution in [-0.4, -0.2) is 26.5 Å². The first-order valence-corrected chi connectivity index (χ1v) is 7.65. The number of carboxylic acid groups (broad SMARTS) is 1. The maximum atomic E-state index is 12.5. The van der Waals surface area contributed by atoms with E-state index in [9.17, 15) is 13.2 Å². The molecule has 0 aliphatic rings. The Kier molecular flexibility index (Phi) is 3.99. The molecule has 5 nitrogen and oxygen atoms in total. The molecule has 0 atom stereocenters. The SMILES string of the molecule is Cc1cccc(S(=O)(=O)N(C)c2ccc(C(=O)O)cc2)c1. The molecule has 0 fully saturated rings. The average molecular weight is 305 g/mol. The van der Waals surface area contributed by atoms with Crippen molar-refractivity contribution < 1.29 is 18.3 Å². The Hall–Kier alpha value is -2.34. The summed E-state index contributed by atoms with van der Waals surface area (Å²) in [7, 11) is -2.22.